The number of amides is 2. The Morgan fingerprint density at radius 1 is 1.04 bits per heavy atom. The Kier molecular flexibility index (Phi) is 9.85. The number of carbonyl (C=O) groups is 2. The summed E-state index contributed by atoms with van der Waals surface area (Å²) in [6.45, 7) is 13.8. The first kappa shape index (κ1) is 23.5. The van der Waals surface area contributed by atoms with E-state index in [0.717, 1.165) is 0 Å². The van der Waals surface area contributed by atoms with Crippen molar-refractivity contribution >= 4 is 12.2 Å². The fraction of sp³-hybridized carbons (Fsp3) is 0.889. The van der Waals surface area contributed by atoms with Gasteiger partial charge in [0.15, 0.2) is 0 Å². The normalized spacial score (nSPS) is 13.1. The molecule has 1 atom stereocenters. The second-order valence-electron chi connectivity index (χ2n) is 8.17. The predicted octanol–water partition coefficient (Wildman–Crippen LogP) is 3.30. The van der Waals surface area contributed by atoms with Crippen LogP contribution < -0.4 is 5.32 Å². The zero-order valence-electron chi connectivity index (χ0n) is 16.8. The lowest BCUT2D eigenvalue weighted by Crippen LogP contribution is -2.44. The van der Waals surface area contributed by atoms with Gasteiger partial charge in [0.1, 0.15) is 11.2 Å². The first-order valence-electron chi connectivity index (χ1n) is 8.93. The fourth-order valence-electron chi connectivity index (χ4n) is 2.06. The van der Waals surface area contributed by atoms with Crippen molar-refractivity contribution in [2.45, 2.75) is 85.0 Å². The van der Waals surface area contributed by atoms with Gasteiger partial charge in [-0.2, -0.15) is 0 Å². The Labute approximate surface area is 152 Å². The molecule has 0 saturated heterocycles. The highest BCUT2D eigenvalue weighted by molar-refractivity contribution is 5.69. The molecule has 0 aromatic heterocycles. The van der Waals surface area contributed by atoms with E-state index in [-0.39, 0.29) is 18.7 Å². The maximum absolute atomic E-state index is 12.4. The van der Waals surface area contributed by atoms with Gasteiger partial charge in [0, 0.05) is 25.7 Å². The summed E-state index contributed by atoms with van der Waals surface area (Å²) in [6.07, 6.45) is 1.05. The van der Waals surface area contributed by atoms with Crippen LogP contribution in [-0.4, -0.2) is 59.1 Å². The van der Waals surface area contributed by atoms with Gasteiger partial charge < -0.3 is 24.8 Å². The average molecular weight is 360 g/mol. The number of carbonyl (C=O) groups excluding carboxylic acids is 2. The summed E-state index contributed by atoms with van der Waals surface area (Å²) in [6, 6.07) is -0.108. The Morgan fingerprint density at radius 2 is 1.60 bits per heavy atom. The minimum Gasteiger partial charge on any atom is -0.444 e. The van der Waals surface area contributed by atoms with E-state index in [2.05, 4.69) is 5.32 Å². The maximum Gasteiger partial charge on any atom is 0.410 e. The summed E-state index contributed by atoms with van der Waals surface area (Å²) >= 11 is 0. The van der Waals surface area contributed by atoms with Crippen molar-refractivity contribution in [1.82, 2.24) is 10.2 Å². The van der Waals surface area contributed by atoms with Gasteiger partial charge >= 0.3 is 12.2 Å². The third-order valence-electron chi connectivity index (χ3n) is 3.20. The van der Waals surface area contributed by atoms with Gasteiger partial charge in [0.2, 0.25) is 0 Å². The Bertz CT molecular complexity index is 413. The van der Waals surface area contributed by atoms with Crippen LogP contribution >= 0.6 is 0 Å². The van der Waals surface area contributed by atoms with Crippen LogP contribution in [0.2, 0.25) is 0 Å². The second kappa shape index (κ2) is 10.5. The van der Waals surface area contributed by atoms with Gasteiger partial charge in [-0.1, -0.05) is 0 Å². The van der Waals surface area contributed by atoms with Crippen molar-refractivity contribution in [2.75, 3.05) is 19.7 Å². The van der Waals surface area contributed by atoms with Crippen LogP contribution in [0.1, 0.15) is 67.7 Å². The number of hydrogen-bond donors (Lipinski definition) is 2. The Morgan fingerprint density at radius 3 is 2.08 bits per heavy atom. The molecule has 0 aromatic carbocycles. The van der Waals surface area contributed by atoms with E-state index in [1.54, 1.807) is 25.7 Å². The summed E-state index contributed by atoms with van der Waals surface area (Å²) in [5.41, 5.74) is -1.11. The van der Waals surface area contributed by atoms with Gasteiger partial charge in [0.05, 0.1) is 0 Å². The molecule has 0 aliphatic carbocycles. The lowest BCUT2D eigenvalue weighted by Gasteiger charge is -2.32. The molecular formula is C18H36N2O5. The maximum atomic E-state index is 12.4. The highest BCUT2D eigenvalue weighted by atomic mass is 16.6. The average Bonchev–Trinajstić information content (AvgIpc) is 2.39. The topological polar surface area (TPSA) is 88.1 Å². The van der Waals surface area contributed by atoms with E-state index in [9.17, 15) is 9.59 Å². The summed E-state index contributed by atoms with van der Waals surface area (Å²) in [4.78, 5) is 25.7. The standard InChI is InChI=1S/C18H36N2O5/c1-14(10-11-19-15(22)24-17(2,3)4)20(12-8-9-13-21)16(23)25-18(5,6)7/h14,21H,8-13H2,1-7H3,(H,19,22). The molecule has 0 rings (SSSR count). The second-order valence-corrected chi connectivity index (χ2v) is 8.17. The first-order valence-corrected chi connectivity index (χ1v) is 8.93. The summed E-state index contributed by atoms with van der Waals surface area (Å²) in [7, 11) is 0. The van der Waals surface area contributed by atoms with Gasteiger partial charge in [-0.05, 0) is 67.7 Å². The lowest BCUT2D eigenvalue weighted by molar-refractivity contribution is 0.0162. The molecule has 0 spiro atoms. The fourth-order valence-corrected chi connectivity index (χ4v) is 2.06. The molecule has 1 unspecified atom stereocenters. The molecule has 7 heteroatoms. The number of nitrogens with zero attached hydrogens (tertiary/aromatic N) is 1. The van der Waals surface area contributed by atoms with Crippen molar-refractivity contribution in [3.8, 4) is 0 Å². The smallest absolute Gasteiger partial charge is 0.410 e. The van der Waals surface area contributed by atoms with E-state index in [0.29, 0.717) is 32.4 Å². The Hall–Kier alpha value is -1.50. The van der Waals surface area contributed by atoms with E-state index >= 15 is 0 Å². The number of aliphatic hydroxyl groups excluding tert-OH is 1. The SMILES string of the molecule is CC(CCNC(=O)OC(C)(C)C)N(CCCCO)C(=O)OC(C)(C)C. The van der Waals surface area contributed by atoms with Crippen LogP contribution in [-0.2, 0) is 9.47 Å². The number of unbranched alkanes of at least 4 members (excludes halogenated alkanes) is 1. The number of hydrogen-bond acceptors (Lipinski definition) is 5. The monoisotopic (exact) mass is 360 g/mol. The van der Waals surface area contributed by atoms with Crippen molar-refractivity contribution in [2.24, 2.45) is 0 Å². The minimum atomic E-state index is -0.569. The number of aliphatic hydroxyl groups is 1. The molecule has 0 heterocycles. The van der Waals surface area contributed by atoms with Gasteiger partial charge in [-0.25, -0.2) is 9.59 Å². The Balaban J connectivity index is 4.57. The largest absolute Gasteiger partial charge is 0.444 e. The van der Waals surface area contributed by atoms with Crippen molar-refractivity contribution in [1.29, 1.82) is 0 Å². The number of alkyl carbamates (subject to hydrolysis) is 1. The summed E-state index contributed by atoms with van der Waals surface area (Å²) in [5, 5.41) is 11.6. The highest BCUT2D eigenvalue weighted by Crippen LogP contribution is 2.14. The molecule has 0 radical (unpaired) electrons. The molecule has 0 bridgehead atoms. The molecule has 2 N–H and O–H groups in total. The minimum absolute atomic E-state index is 0.0940. The van der Waals surface area contributed by atoms with Crippen molar-refractivity contribution in [3.05, 3.63) is 0 Å². The third-order valence-corrected chi connectivity index (χ3v) is 3.20. The van der Waals surface area contributed by atoms with E-state index in [4.69, 9.17) is 14.6 Å². The highest BCUT2D eigenvalue weighted by Gasteiger charge is 2.25. The van der Waals surface area contributed by atoms with Crippen LogP contribution in [0, 0.1) is 0 Å². The molecule has 0 aromatic rings. The predicted molar refractivity (Wildman–Crippen MR) is 97.6 cm³/mol. The van der Waals surface area contributed by atoms with Gasteiger partial charge in [0.25, 0.3) is 0 Å². The molecular weight excluding hydrogens is 324 g/mol. The number of nitrogens with one attached hydrogen (secondary N) is 1. The zero-order valence-corrected chi connectivity index (χ0v) is 16.8. The van der Waals surface area contributed by atoms with E-state index < -0.39 is 17.3 Å². The van der Waals surface area contributed by atoms with Crippen molar-refractivity contribution < 1.29 is 24.2 Å². The van der Waals surface area contributed by atoms with Crippen LogP contribution in [0.3, 0.4) is 0 Å². The number of ether oxygens (including phenoxy) is 2. The van der Waals surface area contributed by atoms with Crippen LogP contribution in [0.4, 0.5) is 9.59 Å². The summed E-state index contributed by atoms with van der Waals surface area (Å²) in [5.74, 6) is 0. The molecule has 148 valence electrons. The van der Waals surface area contributed by atoms with Gasteiger partial charge in [-0.15, -0.1) is 0 Å². The molecule has 7 nitrogen and oxygen atoms in total. The van der Waals surface area contributed by atoms with E-state index in [1.807, 2.05) is 27.7 Å². The molecule has 2 amide bonds. The molecule has 0 aliphatic rings. The molecule has 25 heavy (non-hydrogen) atoms. The molecule has 0 aliphatic heterocycles. The number of rotatable bonds is 8. The third kappa shape index (κ3) is 12.5. The summed E-state index contributed by atoms with van der Waals surface area (Å²) < 4.78 is 10.6. The molecule has 0 saturated carbocycles. The van der Waals surface area contributed by atoms with Gasteiger partial charge in [-0.3, -0.25) is 0 Å². The van der Waals surface area contributed by atoms with E-state index in [1.165, 1.54) is 0 Å². The van der Waals surface area contributed by atoms with Crippen molar-refractivity contribution in [3.63, 3.8) is 0 Å². The lowest BCUT2D eigenvalue weighted by atomic mass is 10.1. The van der Waals surface area contributed by atoms with Crippen LogP contribution in [0.15, 0.2) is 0 Å². The van der Waals surface area contributed by atoms with Crippen LogP contribution in [0.5, 0.6) is 0 Å². The zero-order chi connectivity index (χ0) is 19.7. The van der Waals surface area contributed by atoms with Crippen LogP contribution in [0.25, 0.3) is 0 Å². The first-order chi connectivity index (χ1) is 11.4. The molecule has 0 fully saturated rings. The quantitative estimate of drug-likeness (QED) is 0.649.